The monoisotopic (exact) mass is 559 g/mol. The van der Waals surface area contributed by atoms with E-state index < -0.39 is 0 Å². The summed E-state index contributed by atoms with van der Waals surface area (Å²) >= 11 is 1.85. The maximum Gasteiger partial charge on any atom is 0.119 e. The minimum atomic E-state index is 0.0505. The summed E-state index contributed by atoms with van der Waals surface area (Å²) in [5, 5.41) is 34.4. The van der Waals surface area contributed by atoms with Crippen LogP contribution in [-0.2, 0) is 0 Å². The second kappa shape index (κ2) is 12.3. The van der Waals surface area contributed by atoms with Gasteiger partial charge in [-0.3, -0.25) is 31.6 Å². The predicted molar refractivity (Wildman–Crippen MR) is 162 cm³/mol. The highest BCUT2D eigenvalue weighted by atomic mass is 32.2. The number of nitrogens with one attached hydrogen (secondary N) is 4. The van der Waals surface area contributed by atoms with Crippen molar-refractivity contribution in [1.82, 2.24) is 24.9 Å². The van der Waals surface area contributed by atoms with E-state index in [0.717, 1.165) is 23.5 Å². The number of aromatic nitrogens is 5. The molecule has 5 aromatic heterocycles. The Labute approximate surface area is 238 Å². The first-order chi connectivity index (χ1) is 19.5. The zero-order chi connectivity index (χ0) is 27.9. The van der Waals surface area contributed by atoms with Gasteiger partial charge in [0, 0.05) is 12.4 Å². The van der Waals surface area contributed by atoms with Crippen molar-refractivity contribution in [3.8, 4) is 22.8 Å². The fourth-order valence-corrected chi connectivity index (χ4v) is 4.82. The van der Waals surface area contributed by atoms with E-state index in [9.17, 15) is 0 Å². The second-order valence-corrected chi connectivity index (χ2v) is 10.2. The van der Waals surface area contributed by atoms with Crippen LogP contribution in [0, 0.1) is 21.6 Å². The molecule has 0 radical (unpaired) electrons. The summed E-state index contributed by atoms with van der Waals surface area (Å²) < 4.78 is 0. The number of hydrogen-bond acceptors (Lipinski definition) is 11. The van der Waals surface area contributed by atoms with Gasteiger partial charge < -0.3 is 0 Å². The van der Waals surface area contributed by atoms with Crippen LogP contribution in [0.1, 0.15) is 22.8 Å². The molecule has 0 aliphatic carbocycles. The molecule has 4 N–H and O–H groups in total. The molecule has 9 nitrogen and oxygen atoms in total. The lowest BCUT2D eigenvalue weighted by Crippen LogP contribution is -2.09. The molecule has 0 bridgehead atoms. The molecule has 0 saturated heterocycles. The molecule has 5 heterocycles. The molecule has 40 heavy (non-hydrogen) atoms. The van der Waals surface area contributed by atoms with E-state index in [-0.39, 0.29) is 20.2 Å². The van der Waals surface area contributed by atoms with Crippen molar-refractivity contribution in [3.05, 3.63) is 126 Å². The van der Waals surface area contributed by atoms with Crippen LogP contribution in [0.4, 0.5) is 0 Å². The number of pyridine rings is 5. The van der Waals surface area contributed by atoms with Gasteiger partial charge in [0.2, 0.25) is 0 Å². The Bertz CT molecular complexity index is 1600. The van der Waals surface area contributed by atoms with E-state index in [1.807, 2.05) is 48.5 Å². The largest absolute Gasteiger partial charge is 0.292 e. The Hall–Kier alpha value is -4.87. The quantitative estimate of drug-likeness (QED) is 0.143. The summed E-state index contributed by atoms with van der Waals surface area (Å²) in [7, 11) is 0. The van der Waals surface area contributed by atoms with Crippen molar-refractivity contribution in [3.63, 3.8) is 0 Å². The fraction of sp³-hybridized carbons (Fsp3) is 0. The van der Waals surface area contributed by atoms with Gasteiger partial charge in [-0.05, 0) is 84.2 Å². The third kappa shape index (κ3) is 6.40. The Morgan fingerprint density at radius 1 is 0.400 bits per heavy atom. The van der Waals surface area contributed by atoms with Crippen LogP contribution in [0.15, 0.2) is 103 Å². The molecule has 0 unspecified atom stereocenters. The maximum atomic E-state index is 8.53. The van der Waals surface area contributed by atoms with Crippen LogP contribution in [0.3, 0.4) is 0 Å². The standard InChI is InChI=1S/C29H21N9S2/c30-26(22-12-5-10-20(36-22)18-8-1-3-16-34-18)39-28(32)24-14-7-15-25(38-24)29(33)40-27(31)23-13-6-11-21(37-23)19-9-2-4-17-35-19/h1-17,30-33H. The minimum absolute atomic E-state index is 0.0505. The molecule has 0 spiro atoms. The van der Waals surface area contributed by atoms with Gasteiger partial charge in [0.05, 0.1) is 45.6 Å². The summed E-state index contributed by atoms with van der Waals surface area (Å²) in [4.78, 5) is 22.1. The van der Waals surface area contributed by atoms with Gasteiger partial charge in [-0.2, -0.15) is 0 Å². The molecule has 11 heteroatoms. The molecule has 0 fully saturated rings. The molecular weight excluding hydrogens is 539 g/mol. The first-order valence-corrected chi connectivity index (χ1v) is 13.6. The summed E-state index contributed by atoms with van der Waals surface area (Å²) in [5.41, 5.74) is 4.17. The van der Waals surface area contributed by atoms with Crippen molar-refractivity contribution >= 4 is 43.7 Å². The van der Waals surface area contributed by atoms with Gasteiger partial charge >= 0.3 is 0 Å². The number of rotatable bonds is 6. The normalized spacial score (nSPS) is 10.6. The highest BCUT2D eigenvalue weighted by Gasteiger charge is 2.16. The van der Waals surface area contributed by atoms with Crippen LogP contribution in [0.25, 0.3) is 22.8 Å². The Balaban J connectivity index is 1.26. The van der Waals surface area contributed by atoms with E-state index in [4.69, 9.17) is 21.6 Å². The highest BCUT2D eigenvalue weighted by Crippen LogP contribution is 2.22. The van der Waals surface area contributed by atoms with E-state index in [1.54, 1.807) is 54.9 Å². The van der Waals surface area contributed by atoms with Crippen LogP contribution in [0.2, 0.25) is 0 Å². The van der Waals surface area contributed by atoms with Gasteiger partial charge in [-0.15, -0.1) is 0 Å². The summed E-state index contributed by atoms with van der Waals surface area (Å²) in [6.45, 7) is 0. The lowest BCUT2D eigenvalue weighted by atomic mass is 10.2. The van der Waals surface area contributed by atoms with Crippen molar-refractivity contribution in [1.29, 1.82) is 21.6 Å². The Morgan fingerprint density at radius 3 is 1.12 bits per heavy atom. The van der Waals surface area contributed by atoms with E-state index in [2.05, 4.69) is 24.9 Å². The summed E-state index contributed by atoms with van der Waals surface area (Å²) in [6.07, 6.45) is 3.37. The average molecular weight is 560 g/mol. The Kier molecular flexibility index (Phi) is 8.24. The number of hydrogen-bond donors (Lipinski definition) is 4. The van der Waals surface area contributed by atoms with Crippen molar-refractivity contribution < 1.29 is 0 Å². The van der Waals surface area contributed by atoms with E-state index in [1.165, 1.54) is 0 Å². The van der Waals surface area contributed by atoms with Crippen LogP contribution >= 0.6 is 23.5 Å². The maximum absolute atomic E-state index is 8.53. The molecule has 0 saturated carbocycles. The predicted octanol–water partition coefficient (Wildman–Crippen LogP) is 6.16. The summed E-state index contributed by atoms with van der Waals surface area (Å²) in [5.74, 6) is 0. The van der Waals surface area contributed by atoms with Crippen molar-refractivity contribution in [2.75, 3.05) is 0 Å². The van der Waals surface area contributed by atoms with E-state index in [0.29, 0.717) is 45.6 Å². The van der Waals surface area contributed by atoms with Crippen molar-refractivity contribution in [2.45, 2.75) is 0 Å². The third-order valence-electron chi connectivity index (χ3n) is 5.44. The number of nitrogens with zero attached hydrogens (tertiary/aromatic N) is 5. The highest BCUT2D eigenvalue weighted by molar-refractivity contribution is 8.27. The molecule has 0 atom stereocenters. The smallest absolute Gasteiger partial charge is 0.119 e. The minimum Gasteiger partial charge on any atom is -0.292 e. The van der Waals surface area contributed by atoms with Gasteiger partial charge in [0.25, 0.3) is 0 Å². The van der Waals surface area contributed by atoms with Gasteiger partial charge in [-0.1, -0.05) is 30.3 Å². The molecule has 0 amide bonds. The molecular formula is C29H21N9S2. The van der Waals surface area contributed by atoms with Crippen LogP contribution in [-0.4, -0.2) is 45.1 Å². The lowest BCUT2D eigenvalue weighted by molar-refractivity contribution is 1.23. The fourth-order valence-electron chi connectivity index (χ4n) is 3.54. The lowest BCUT2D eigenvalue weighted by Gasteiger charge is -2.09. The van der Waals surface area contributed by atoms with E-state index >= 15 is 0 Å². The Morgan fingerprint density at radius 2 is 0.750 bits per heavy atom. The van der Waals surface area contributed by atoms with Gasteiger partial charge in [-0.25, -0.2) is 15.0 Å². The molecule has 0 aliphatic rings. The third-order valence-corrected chi connectivity index (χ3v) is 7.09. The molecule has 5 aromatic rings. The topological polar surface area (TPSA) is 160 Å². The van der Waals surface area contributed by atoms with Crippen LogP contribution < -0.4 is 0 Å². The molecule has 0 aliphatic heterocycles. The first-order valence-electron chi connectivity index (χ1n) is 11.9. The molecule has 194 valence electrons. The average Bonchev–Trinajstić information content (AvgIpc) is 3.02. The van der Waals surface area contributed by atoms with Gasteiger partial charge in [0.1, 0.15) is 20.2 Å². The van der Waals surface area contributed by atoms with Crippen LogP contribution in [0.5, 0.6) is 0 Å². The SMILES string of the molecule is N=C(SC(=N)c1cccc(-c2ccccn2)n1)c1cccc(C(=N)SC(=N)c2cccc(-c3ccccn3)n2)n1. The van der Waals surface area contributed by atoms with Crippen molar-refractivity contribution in [2.24, 2.45) is 0 Å². The molecule has 0 aromatic carbocycles. The second-order valence-electron chi connectivity index (χ2n) is 8.17. The first kappa shape index (κ1) is 26.7. The van der Waals surface area contributed by atoms with Gasteiger partial charge in [0.15, 0.2) is 0 Å². The zero-order valence-electron chi connectivity index (χ0n) is 20.9. The molecule has 5 rings (SSSR count). The number of thioether (sulfide) groups is 2. The zero-order valence-corrected chi connectivity index (χ0v) is 22.5. The summed E-state index contributed by atoms with van der Waals surface area (Å²) in [6, 6.07) is 26.8.